The first kappa shape index (κ1) is 32.1. The molecule has 2 amide bonds. The number of nitrogens with zero attached hydrogens (tertiary/aromatic N) is 2. The highest BCUT2D eigenvalue weighted by atomic mass is 35.5. The fourth-order valence-electron chi connectivity index (χ4n) is 7.63. The van der Waals surface area contributed by atoms with Crippen molar-refractivity contribution in [1.29, 1.82) is 0 Å². The smallest absolute Gasteiger partial charge is 0.310 e. The lowest BCUT2D eigenvalue weighted by Gasteiger charge is -2.43. The van der Waals surface area contributed by atoms with Gasteiger partial charge in [0.1, 0.15) is 18.5 Å². The Morgan fingerprint density at radius 1 is 0.870 bits per heavy atom. The third-order valence-corrected chi connectivity index (χ3v) is 9.98. The van der Waals surface area contributed by atoms with Gasteiger partial charge in [-0.3, -0.25) is 14.4 Å². The number of carbonyl (C=O) groups is 3. The normalized spacial score (nSPS) is 23.7. The fourth-order valence-corrected chi connectivity index (χ4v) is 7.63. The van der Waals surface area contributed by atoms with Crippen molar-refractivity contribution < 1.29 is 23.9 Å². The molecule has 2 fully saturated rings. The minimum absolute atomic E-state index is 0. The van der Waals surface area contributed by atoms with Gasteiger partial charge in [0.05, 0.1) is 17.9 Å². The average molecular weight is 644 g/mol. The van der Waals surface area contributed by atoms with E-state index in [1.165, 1.54) is 0 Å². The van der Waals surface area contributed by atoms with Crippen molar-refractivity contribution in [3.05, 3.63) is 101 Å². The molecule has 1 N–H and O–H groups in total. The van der Waals surface area contributed by atoms with Crippen molar-refractivity contribution in [3.63, 3.8) is 0 Å². The second kappa shape index (κ2) is 14.3. The van der Waals surface area contributed by atoms with E-state index in [9.17, 15) is 14.4 Å². The molecule has 1 saturated heterocycles. The van der Waals surface area contributed by atoms with E-state index >= 15 is 0 Å². The maximum Gasteiger partial charge on any atom is 0.310 e. The summed E-state index contributed by atoms with van der Waals surface area (Å²) in [5.74, 6) is -0.475. The van der Waals surface area contributed by atoms with Gasteiger partial charge in [0, 0.05) is 37.3 Å². The summed E-state index contributed by atoms with van der Waals surface area (Å²) in [5, 5.41) is 3.38. The van der Waals surface area contributed by atoms with E-state index in [4.69, 9.17) is 9.47 Å². The molecule has 242 valence electrons. The van der Waals surface area contributed by atoms with E-state index in [-0.39, 0.29) is 48.9 Å². The summed E-state index contributed by atoms with van der Waals surface area (Å²) in [7, 11) is 0. The first-order valence-electron chi connectivity index (χ1n) is 16.4. The van der Waals surface area contributed by atoms with Crippen molar-refractivity contribution in [1.82, 2.24) is 15.1 Å². The number of hydrogen-bond donors (Lipinski definition) is 1. The number of nitrogens with one attached hydrogen (secondary N) is 1. The van der Waals surface area contributed by atoms with Crippen LogP contribution in [0.1, 0.15) is 70.8 Å². The largest absolute Gasteiger partial charge is 0.489 e. The van der Waals surface area contributed by atoms with Gasteiger partial charge in [-0.15, -0.1) is 12.4 Å². The molecule has 4 aliphatic rings. The standard InChI is InChI=1S/C37H41N3O5.ClH/c41-35-29-13-5-4-11-27(29)22-39(35)23-32-34-26(12-8-16-33(34)45-28-17-19-38-21-28)18-20-40(32)36(42)30-14-6-7-15-31(30)37(43)44-24-25-9-2-1-3-10-25;/h1-5,8-13,16,28,30-32,38H,6-7,14-15,17-24H2;1H/t28-,30+,31-,32+;/m0./s1. The Kier molecular flexibility index (Phi) is 9.95. The molecule has 9 heteroatoms. The highest BCUT2D eigenvalue weighted by Crippen LogP contribution is 2.42. The first-order chi connectivity index (χ1) is 22.1. The van der Waals surface area contributed by atoms with Crippen LogP contribution in [0.3, 0.4) is 0 Å². The lowest BCUT2D eigenvalue weighted by Crippen LogP contribution is -2.50. The fraction of sp³-hybridized carbons (Fsp3) is 0.432. The van der Waals surface area contributed by atoms with Crippen molar-refractivity contribution >= 4 is 30.2 Å². The summed E-state index contributed by atoms with van der Waals surface area (Å²) in [6.45, 7) is 3.30. The Bertz CT molecular complexity index is 1560. The maximum absolute atomic E-state index is 14.7. The number of halogens is 1. The number of benzene rings is 3. The quantitative estimate of drug-likeness (QED) is 0.327. The molecule has 3 aromatic carbocycles. The predicted octanol–water partition coefficient (Wildman–Crippen LogP) is 5.48. The Morgan fingerprint density at radius 2 is 1.63 bits per heavy atom. The number of hydrogen-bond acceptors (Lipinski definition) is 6. The molecule has 0 aromatic heterocycles. The van der Waals surface area contributed by atoms with Gasteiger partial charge in [-0.2, -0.15) is 0 Å². The predicted molar refractivity (Wildman–Crippen MR) is 177 cm³/mol. The average Bonchev–Trinajstić information content (AvgIpc) is 3.71. The van der Waals surface area contributed by atoms with E-state index in [2.05, 4.69) is 11.4 Å². The summed E-state index contributed by atoms with van der Waals surface area (Å²) in [6, 6.07) is 23.2. The van der Waals surface area contributed by atoms with Crippen molar-refractivity contribution in [2.75, 3.05) is 26.2 Å². The Labute approximate surface area is 276 Å². The summed E-state index contributed by atoms with van der Waals surface area (Å²) in [6.07, 6.45) is 4.77. The SMILES string of the molecule is Cl.O=C(OCc1ccccc1)[C@H]1CCCC[C@H]1C(=O)N1CCc2cccc(O[C@H]3CCNC3)c2[C@H]1CN1Cc2ccccc2C1=O. The number of esters is 1. The second-order valence-corrected chi connectivity index (χ2v) is 12.8. The van der Waals surface area contributed by atoms with Crippen molar-refractivity contribution in [2.45, 2.75) is 63.8 Å². The highest BCUT2D eigenvalue weighted by Gasteiger charge is 2.44. The van der Waals surface area contributed by atoms with Gasteiger partial charge in [0.25, 0.3) is 5.91 Å². The van der Waals surface area contributed by atoms with Gasteiger partial charge in [-0.1, -0.05) is 73.5 Å². The second-order valence-electron chi connectivity index (χ2n) is 12.8. The van der Waals surface area contributed by atoms with Crippen LogP contribution in [0.2, 0.25) is 0 Å². The van der Waals surface area contributed by atoms with Crippen LogP contribution in [0.25, 0.3) is 0 Å². The van der Waals surface area contributed by atoms with Gasteiger partial charge >= 0.3 is 5.97 Å². The van der Waals surface area contributed by atoms with Gasteiger partial charge in [-0.05, 0) is 61.1 Å². The number of ether oxygens (including phenoxy) is 2. The molecule has 7 rings (SSSR count). The van der Waals surface area contributed by atoms with E-state index in [0.717, 1.165) is 65.9 Å². The monoisotopic (exact) mass is 643 g/mol. The van der Waals surface area contributed by atoms with E-state index in [1.807, 2.05) is 76.5 Å². The maximum atomic E-state index is 14.7. The zero-order valence-electron chi connectivity index (χ0n) is 26.1. The zero-order chi connectivity index (χ0) is 30.8. The number of fused-ring (bicyclic) bond motifs is 2. The molecule has 46 heavy (non-hydrogen) atoms. The topological polar surface area (TPSA) is 88.2 Å². The third kappa shape index (κ3) is 6.51. The van der Waals surface area contributed by atoms with Gasteiger partial charge in [0.2, 0.25) is 5.91 Å². The van der Waals surface area contributed by atoms with Crippen LogP contribution in [0, 0.1) is 11.8 Å². The molecule has 0 unspecified atom stereocenters. The van der Waals surface area contributed by atoms with Crippen molar-refractivity contribution in [3.8, 4) is 5.75 Å². The third-order valence-electron chi connectivity index (χ3n) is 9.98. The summed E-state index contributed by atoms with van der Waals surface area (Å²) in [4.78, 5) is 45.5. The van der Waals surface area contributed by atoms with Crippen LogP contribution in [0.15, 0.2) is 72.8 Å². The molecule has 3 aromatic rings. The molecule has 3 heterocycles. The molecule has 3 aliphatic heterocycles. The van der Waals surface area contributed by atoms with Crippen LogP contribution in [-0.2, 0) is 33.9 Å². The molecule has 0 radical (unpaired) electrons. The Balaban J connectivity index is 0.00000372. The lowest BCUT2D eigenvalue weighted by atomic mass is 9.77. The summed E-state index contributed by atoms with van der Waals surface area (Å²) < 4.78 is 12.4. The number of rotatable bonds is 8. The lowest BCUT2D eigenvalue weighted by molar-refractivity contribution is -0.159. The van der Waals surface area contributed by atoms with Gasteiger partial charge in [0.15, 0.2) is 0 Å². The van der Waals surface area contributed by atoms with Crippen molar-refractivity contribution in [2.24, 2.45) is 11.8 Å². The molecular weight excluding hydrogens is 602 g/mol. The molecular formula is C37H42ClN3O5. The number of carbonyl (C=O) groups excluding carboxylic acids is 3. The minimum Gasteiger partial charge on any atom is -0.489 e. The van der Waals surface area contributed by atoms with Crippen LogP contribution in [-0.4, -0.2) is 59.9 Å². The van der Waals surface area contributed by atoms with E-state index < -0.39 is 11.8 Å². The van der Waals surface area contributed by atoms with Crippen LogP contribution in [0.4, 0.5) is 0 Å². The van der Waals surface area contributed by atoms with Gasteiger partial charge < -0.3 is 24.6 Å². The molecule has 0 spiro atoms. The molecule has 8 nitrogen and oxygen atoms in total. The number of amides is 2. The van der Waals surface area contributed by atoms with E-state index in [0.29, 0.717) is 38.9 Å². The van der Waals surface area contributed by atoms with Gasteiger partial charge in [-0.25, -0.2) is 0 Å². The Morgan fingerprint density at radius 3 is 2.41 bits per heavy atom. The highest BCUT2D eigenvalue weighted by molar-refractivity contribution is 5.98. The van der Waals surface area contributed by atoms with E-state index in [1.54, 1.807) is 0 Å². The van der Waals surface area contributed by atoms with Crippen LogP contribution in [0.5, 0.6) is 5.75 Å². The van der Waals surface area contributed by atoms with Crippen LogP contribution < -0.4 is 10.1 Å². The first-order valence-corrected chi connectivity index (χ1v) is 16.4. The zero-order valence-corrected chi connectivity index (χ0v) is 26.9. The molecule has 1 aliphatic carbocycles. The molecule has 1 saturated carbocycles. The minimum atomic E-state index is -0.481. The summed E-state index contributed by atoms with van der Waals surface area (Å²) in [5.41, 5.74) is 4.80. The summed E-state index contributed by atoms with van der Waals surface area (Å²) >= 11 is 0. The van der Waals surface area contributed by atoms with Crippen LogP contribution >= 0.6 is 12.4 Å². The molecule has 0 bridgehead atoms. The Hall–Kier alpha value is -3.88. The molecule has 4 atom stereocenters.